The van der Waals surface area contributed by atoms with Gasteiger partial charge in [0.2, 0.25) is 5.91 Å². The van der Waals surface area contributed by atoms with Crippen LogP contribution in [0.3, 0.4) is 0 Å². The molecule has 0 aliphatic carbocycles. The van der Waals surface area contributed by atoms with Crippen molar-refractivity contribution in [2.75, 3.05) is 32.0 Å². The molecule has 2 atom stereocenters. The Hall–Kier alpha value is -0.750. The smallest absolute Gasteiger partial charge is 0.230 e. The molecule has 6 heteroatoms. The van der Waals surface area contributed by atoms with Crippen LogP contribution in [0.5, 0.6) is 0 Å². The van der Waals surface area contributed by atoms with Crippen LogP contribution in [0.25, 0.3) is 0 Å². The number of benzene rings is 1. The molecule has 120 valence electrons. The van der Waals surface area contributed by atoms with Gasteiger partial charge in [0.1, 0.15) is 0 Å². The molecule has 2 aliphatic rings. The van der Waals surface area contributed by atoms with Gasteiger partial charge in [-0.25, -0.2) is 0 Å². The largest absolute Gasteiger partial charge is 0.373 e. The predicted octanol–water partition coefficient (Wildman–Crippen LogP) is 2.41. The minimum Gasteiger partial charge on any atom is -0.373 e. The Bertz CT molecular complexity index is 511. The van der Waals surface area contributed by atoms with Crippen molar-refractivity contribution in [2.45, 2.75) is 29.9 Å². The number of carbonyl (C=O) groups excluding carboxylic acids is 1. The fourth-order valence-corrected chi connectivity index (χ4v) is 3.82. The molecule has 0 spiro atoms. The Kier molecular flexibility index (Phi) is 5.63. The number of nitrogens with zero attached hydrogens (tertiary/aromatic N) is 1. The zero-order valence-corrected chi connectivity index (χ0v) is 14.0. The van der Waals surface area contributed by atoms with E-state index in [9.17, 15) is 4.79 Å². The fraction of sp³-hybridized carbons (Fsp3) is 0.562. The van der Waals surface area contributed by atoms with Crippen LogP contribution < -0.4 is 5.32 Å². The molecule has 3 rings (SSSR count). The van der Waals surface area contributed by atoms with Gasteiger partial charge in [-0.05, 0) is 43.7 Å². The summed E-state index contributed by atoms with van der Waals surface area (Å²) in [7, 11) is 0. The molecule has 1 aromatic carbocycles. The highest BCUT2D eigenvalue weighted by Crippen LogP contribution is 2.22. The summed E-state index contributed by atoms with van der Waals surface area (Å²) in [5, 5.41) is 3.69. The lowest BCUT2D eigenvalue weighted by Crippen LogP contribution is -2.50. The van der Waals surface area contributed by atoms with Gasteiger partial charge < -0.3 is 10.1 Å². The number of amides is 1. The second-order valence-corrected chi connectivity index (χ2v) is 7.28. The molecule has 0 unspecified atom stereocenters. The van der Waals surface area contributed by atoms with Crippen molar-refractivity contribution in [1.82, 2.24) is 10.2 Å². The summed E-state index contributed by atoms with van der Waals surface area (Å²) in [6.45, 7) is 3.52. The molecule has 4 nitrogen and oxygen atoms in total. The van der Waals surface area contributed by atoms with Gasteiger partial charge in [0.05, 0.1) is 18.5 Å². The number of hydrogen-bond acceptors (Lipinski definition) is 4. The van der Waals surface area contributed by atoms with Crippen molar-refractivity contribution >= 4 is 29.3 Å². The maximum atomic E-state index is 11.9. The highest BCUT2D eigenvalue weighted by Gasteiger charge is 2.32. The van der Waals surface area contributed by atoms with E-state index in [2.05, 4.69) is 10.2 Å². The Morgan fingerprint density at radius 3 is 3.05 bits per heavy atom. The van der Waals surface area contributed by atoms with E-state index >= 15 is 0 Å². The first-order chi connectivity index (χ1) is 10.7. The third-order valence-electron chi connectivity index (χ3n) is 4.17. The Morgan fingerprint density at radius 1 is 1.41 bits per heavy atom. The minimum absolute atomic E-state index is 0.0482. The summed E-state index contributed by atoms with van der Waals surface area (Å²) in [5.74, 6) is 0.466. The number of thioether (sulfide) groups is 1. The van der Waals surface area contributed by atoms with Crippen molar-refractivity contribution in [3.63, 3.8) is 0 Å². The first-order valence-corrected chi connectivity index (χ1v) is 9.08. The van der Waals surface area contributed by atoms with Gasteiger partial charge in [0.15, 0.2) is 0 Å². The quantitative estimate of drug-likeness (QED) is 0.836. The number of nitrogens with one attached hydrogen (secondary N) is 1. The van der Waals surface area contributed by atoms with Crippen LogP contribution in [0.2, 0.25) is 5.02 Å². The number of morpholine rings is 1. The van der Waals surface area contributed by atoms with Crippen LogP contribution >= 0.6 is 23.4 Å². The molecule has 1 N–H and O–H groups in total. The number of rotatable bonds is 5. The van der Waals surface area contributed by atoms with Crippen molar-refractivity contribution < 1.29 is 9.53 Å². The van der Waals surface area contributed by atoms with Gasteiger partial charge in [-0.1, -0.05) is 11.6 Å². The molecule has 2 fully saturated rings. The monoisotopic (exact) mass is 340 g/mol. The molecule has 0 saturated carbocycles. The topological polar surface area (TPSA) is 41.6 Å². The average molecular weight is 341 g/mol. The van der Waals surface area contributed by atoms with Gasteiger partial charge in [-0.15, -0.1) is 11.8 Å². The van der Waals surface area contributed by atoms with Crippen molar-refractivity contribution in [3.05, 3.63) is 29.3 Å². The minimum atomic E-state index is 0.0482. The summed E-state index contributed by atoms with van der Waals surface area (Å²) in [6.07, 6.45) is 2.64. The predicted molar refractivity (Wildman–Crippen MR) is 89.5 cm³/mol. The SMILES string of the molecule is O=C(CSc1ccc(Cl)cc1)NC[C@@H]1CN2CCC[C@H]2CO1. The van der Waals surface area contributed by atoms with E-state index in [1.807, 2.05) is 24.3 Å². The lowest BCUT2D eigenvalue weighted by Gasteiger charge is -2.35. The number of fused-ring (bicyclic) bond motifs is 1. The van der Waals surface area contributed by atoms with Gasteiger partial charge in [0, 0.05) is 29.0 Å². The molecule has 0 aromatic heterocycles. The zero-order chi connectivity index (χ0) is 15.4. The Morgan fingerprint density at radius 2 is 2.23 bits per heavy atom. The van der Waals surface area contributed by atoms with Crippen molar-refractivity contribution in [1.29, 1.82) is 0 Å². The van der Waals surface area contributed by atoms with E-state index in [1.165, 1.54) is 31.1 Å². The zero-order valence-electron chi connectivity index (χ0n) is 12.5. The highest BCUT2D eigenvalue weighted by molar-refractivity contribution is 8.00. The van der Waals surface area contributed by atoms with Gasteiger partial charge in [-0.2, -0.15) is 0 Å². The van der Waals surface area contributed by atoms with E-state index in [0.717, 1.165) is 18.0 Å². The highest BCUT2D eigenvalue weighted by atomic mass is 35.5. The molecule has 2 saturated heterocycles. The third kappa shape index (κ3) is 4.38. The lowest BCUT2D eigenvalue weighted by atomic mass is 10.2. The molecule has 1 aromatic rings. The summed E-state index contributed by atoms with van der Waals surface area (Å²) in [5.41, 5.74) is 0. The molecule has 2 aliphatic heterocycles. The van der Waals surface area contributed by atoms with Crippen molar-refractivity contribution in [2.24, 2.45) is 0 Å². The fourth-order valence-electron chi connectivity index (χ4n) is 2.97. The first kappa shape index (κ1) is 16.1. The first-order valence-electron chi connectivity index (χ1n) is 7.71. The second kappa shape index (κ2) is 7.68. The van der Waals surface area contributed by atoms with E-state index in [1.54, 1.807) is 0 Å². The Labute approximate surface area is 140 Å². The maximum Gasteiger partial charge on any atom is 0.230 e. The van der Waals surface area contributed by atoms with E-state index < -0.39 is 0 Å². The van der Waals surface area contributed by atoms with Gasteiger partial charge >= 0.3 is 0 Å². The summed E-state index contributed by atoms with van der Waals surface area (Å²) in [6, 6.07) is 8.14. The molecular weight excluding hydrogens is 320 g/mol. The molecule has 1 amide bonds. The molecular formula is C16H21ClN2O2S. The van der Waals surface area contributed by atoms with Crippen LogP contribution in [0.1, 0.15) is 12.8 Å². The van der Waals surface area contributed by atoms with Gasteiger partial charge in [0.25, 0.3) is 0 Å². The molecule has 2 heterocycles. The maximum absolute atomic E-state index is 11.9. The second-order valence-electron chi connectivity index (χ2n) is 5.79. The van der Waals surface area contributed by atoms with Crippen LogP contribution in [0.15, 0.2) is 29.2 Å². The average Bonchev–Trinajstić information content (AvgIpc) is 3.00. The van der Waals surface area contributed by atoms with E-state index in [0.29, 0.717) is 23.4 Å². The third-order valence-corrected chi connectivity index (χ3v) is 5.44. The number of carbonyl (C=O) groups is 1. The summed E-state index contributed by atoms with van der Waals surface area (Å²) in [4.78, 5) is 15.5. The van der Waals surface area contributed by atoms with E-state index in [-0.39, 0.29) is 12.0 Å². The molecule has 22 heavy (non-hydrogen) atoms. The van der Waals surface area contributed by atoms with Crippen LogP contribution in [-0.4, -0.2) is 54.9 Å². The molecule has 0 bridgehead atoms. The number of ether oxygens (including phenoxy) is 1. The lowest BCUT2D eigenvalue weighted by molar-refractivity contribution is -0.120. The normalized spacial score (nSPS) is 25.0. The van der Waals surface area contributed by atoms with Crippen LogP contribution in [0.4, 0.5) is 0 Å². The summed E-state index contributed by atoms with van der Waals surface area (Å²) < 4.78 is 5.84. The van der Waals surface area contributed by atoms with Crippen molar-refractivity contribution in [3.8, 4) is 0 Å². The number of hydrogen-bond donors (Lipinski definition) is 1. The Balaban J connectivity index is 1.36. The van der Waals surface area contributed by atoms with E-state index in [4.69, 9.17) is 16.3 Å². The number of halogens is 1. The summed E-state index contributed by atoms with van der Waals surface area (Å²) >= 11 is 7.36. The van der Waals surface area contributed by atoms with Crippen LogP contribution in [0, 0.1) is 0 Å². The standard InChI is InChI=1S/C16H21ClN2O2S/c17-12-3-5-15(6-4-12)22-11-16(20)18-8-14-9-19-7-1-2-13(19)10-21-14/h3-6,13-14H,1-2,7-11H2,(H,18,20)/t13-,14+/m0/s1. The molecule has 0 radical (unpaired) electrons. The van der Waals surface area contributed by atoms with Crippen LogP contribution in [-0.2, 0) is 9.53 Å². The van der Waals surface area contributed by atoms with Gasteiger partial charge in [-0.3, -0.25) is 9.69 Å².